The second-order valence-corrected chi connectivity index (χ2v) is 18.5. The van der Waals surface area contributed by atoms with Gasteiger partial charge in [0.05, 0.1) is 54.7 Å². The summed E-state index contributed by atoms with van der Waals surface area (Å²) in [7, 11) is 0. The molecule has 0 radical (unpaired) electrons. The molecule has 10 rings (SSSR count). The van der Waals surface area contributed by atoms with Crippen LogP contribution in [0.25, 0.3) is 21.8 Å². The molecule has 0 saturated carbocycles. The molecule has 2 aliphatic rings. The van der Waals surface area contributed by atoms with E-state index in [1.54, 1.807) is 52.5 Å². The number of benzene rings is 4. The number of hydrogen-bond donors (Lipinski definition) is 1. The van der Waals surface area contributed by atoms with Crippen LogP contribution in [0.2, 0.25) is 0 Å². The van der Waals surface area contributed by atoms with E-state index in [2.05, 4.69) is 33.0 Å². The first-order valence-electron chi connectivity index (χ1n) is 24.9. The number of hydrogen-bond acceptors (Lipinski definition) is 12. The summed E-state index contributed by atoms with van der Waals surface area (Å²) >= 11 is 3.36. The number of aromatic nitrogens is 2. The van der Waals surface area contributed by atoms with Gasteiger partial charge < -0.3 is 48.9 Å². The molecule has 0 bridgehead atoms. The quantitative estimate of drug-likeness (QED) is 0.0798. The van der Waals surface area contributed by atoms with Gasteiger partial charge in [-0.15, -0.1) is 0 Å². The van der Waals surface area contributed by atoms with E-state index in [1.165, 1.54) is 18.1 Å². The number of amides is 2. The zero-order valence-electron chi connectivity index (χ0n) is 44.4. The number of anilines is 2. The Morgan fingerprint density at radius 1 is 0.597 bits per heavy atom. The number of pyridine rings is 2. The monoisotopic (exact) mass is 1120 g/mol. The van der Waals surface area contributed by atoms with Gasteiger partial charge in [0.25, 0.3) is 22.9 Å². The van der Waals surface area contributed by atoms with Crippen LogP contribution in [0.4, 0.5) is 11.4 Å². The van der Waals surface area contributed by atoms with Crippen molar-refractivity contribution in [2.24, 2.45) is 0 Å². The number of fused-ring (bicyclic) bond motifs is 2. The van der Waals surface area contributed by atoms with Gasteiger partial charge in [-0.1, -0.05) is 107 Å². The van der Waals surface area contributed by atoms with E-state index in [1.807, 2.05) is 109 Å². The minimum atomic E-state index is -0.647. The Kier molecular flexibility index (Phi) is 21.3. The van der Waals surface area contributed by atoms with E-state index in [0.29, 0.717) is 87.3 Å². The van der Waals surface area contributed by atoms with E-state index < -0.39 is 17.5 Å². The number of H-pyrrole nitrogens is 1. The third-order valence-electron chi connectivity index (χ3n) is 12.9. The van der Waals surface area contributed by atoms with Crippen LogP contribution in [0.15, 0.2) is 152 Å². The van der Waals surface area contributed by atoms with Gasteiger partial charge in [0.15, 0.2) is 11.5 Å². The van der Waals surface area contributed by atoms with Crippen molar-refractivity contribution in [3.05, 3.63) is 199 Å². The molecular formula is C59H64BrN6NaO10. The molecule has 77 heavy (non-hydrogen) atoms. The molecule has 0 unspecified atom stereocenters. The van der Waals surface area contributed by atoms with Gasteiger partial charge in [0.1, 0.15) is 11.1 Å². The van der Waals surface area contributed by atoms with E-state index in [4.69, 9.17) is 18.3 Å². The Morgan fingerprint density at radius 3 is 1.53 bits per heavy atom. The smallest absolute Gasteiger partial charge is 1.00 e. The molecule has 18 heteroatoms. The minimum absolute atomic E-state index is 0. The van der Waals surface area contributed by atoms with Crippen LogP contribution < -0.4 is 50.5 Å². The molecular weight excluding hydrogens is 1060 g/mol. The van der Waals surface area contributed by atoms with Crippen LogP contribution in [-0.2, 0) is 21.3 Å². The van der Waals surface area contributed by atoms with Crippen LogP contribution in [0.3, 0.4) is 0 Å². The van der Waals surface area contributed by atoms with Crippen molar-refractivity contribution in [3.63, 3.8) is 0 Å². The molecule has 2 saturated heterocycles. The summed E-state index contributed by atoms with van der Waals surface area (Å²) in [6, 6.07) is 38.2. The molecule has 4 aromatic heterocycles. The van der Waals surface area contributed by atoms with Crippen molar-refractivity contribution >= 4 is 72.9 Å². The summed E-state index contributed by atoms with van der Waals surface area (Å²) in [6.07, 6.45) is 2.95. The zero-order chi connectivity index (χ0) is 53.0. The van der Waals surface area contributed by atoms with E-state index in [9.17, 15) is 28.8 Å². The first-order valence-corrected chi connectivity index (χ1v) is 26.0. The predicted octanol–water partition coefficient (Wildman–Crippen LogP) is 6.99. The SMILES string of the molecule is BrCc1ccccc1.C.CCOC(=O)c1c(N2CCN(C(=O)c3ccco3)CC2)c2cc(C)ccc2[nH]c1=O.CCOC(=O)c1c(N2CCN(C(=O)c3ccco3)CC2)c2cc(C)ccc2n(Cc2ccccc2)c1=O.[H-].[Na+]. The maximum absolute atomic E-state index is 13.9. The number of nitrogens with zero attached hydrogens (tertiary/aromatic N) is 5. The van der Waals surface area contributed by atoms with Gasteiger partial charge in [0.2, 0.25) is 0 Å². The summed E-state index contributed by atoms with van der Waals surface area (Å²) in [4.78, 5) is 88.2. The zero-order valence-corrected chi connectivity index (χ0v) is 47.0. The Hall–Kier alpha value is -7.18. The minimum Gasteiger partial charge on any atom is -1.00 e. The number of carbonyl (C=O) groups is 4. The molecule has 2 aliphatic heterocycles. The number of aromatic amines is 1. The fourth-order valence-corrected chi connectivity index (χ4v) is 9.62. The van der Waals surface area contributed by atoms with Gasteiger partial charge >= 0.3 is 41.5 Å². The Bertz CT molecular complexity index is 3400. The Labute approximate surface area is 479 Å². The molecule has 1 N–H and O–H groups in total. The van der Waals surface area contributed by atoms with E-state index in [-0.39, 0.29) is 80.1 Å². The summed E-state index contributed by atoms with van der Waals surface area (Å²) in [5.41, 5.74) is 6.00. The van der Waals surface area contributed by atoms with Crippen LogP contribution in [-0.4, -0.2) is 109 Å². The molecule has 0 atom stereocenters. The van der Waals surface area contributed by atoms with Gasteiger partial charge in [-0.25, -0.2) is 9.59 Å². The average Bonchev–Trinajstić information content (AvgIpc) is 4.32. The van der Waals surface area contributed by atoms with Crippen molar-refractivity contribution in [2.75, 3.05) is 75.4 Å². The molecule has 6 heterocycles. The van der Waals surface area contributed by atoms with E-state index in [0.717, 1.165) is 38.3 Å². The predicted molar refractivity (Wildman–Crippen MR) is 300 cm³/mol. The number of furan rings is 2. The standard InChI is InChI=1S/C29H29N3O5.C22H23N3O5.C7H7Br.CH4.Na.H/c1-3-36-29(35)25-26(30-13-15-31(16-14-30)27(33)24-10-7-17-37-24)22-18-20(2)11-12-23(22)32(28(25)34)19-21-8-5-4-6-9-21;1-3-29-22(28)18-19(15-13-14(2)6-7-16(15)23-20(18)26)24-8-10-25(11-9-24)21(27)17-5-4-12-30-17;8-6-7-4-2-1-3-5-7;;;/h4-12,17-18H,3,13-16,19H2,1-2H3;4-7,12-13H,3,8-11H2,1-2H3,(H,23,26);1-5H,6H2;1H4;;/q;;;;+1;-1. The van der Waals surface area contributed by atoms with Crippen molar-refractivity contribution in [3.8, 4) is 0 Å². The molecule has 2 amide bonds. The number of alkyl halides is 1. The van der Waals surface area contributed by atoms with Gasteiger partial charge in [-0.3, -0.25) is 19.2 Å². The number of esters is 2. The van der Waals surface area contributed by atoms with Gasteiger partial charge in [-0.05, 0) is 87.4 Å². The van der Waals surface area contributed by atoms with Crippen molar-refractivity contribution in [1.82, 2.24) is 19.4 Å². The average molecular weight is 1120 g/mol. The molecule has 4 aromatic carbocycles. The fourth-order valence-electron chi connectivity index (χ4n) is 9.25. The first-order chi connectivity index (χ1) is 36.4. The summed E-state index contributed by atoms with van der Waals surface area (Å²) < 4.78 is 22.7. The molecule has 2 fully saturated rings. The maximum atomic E-state index is 13.9. The number of ether oxygens (including phenoxy) is 2. The number of aryl methyl sites for hydroxylation is 2. The fraction of sp³-hybridized carbons (Fsp3) is 0.288. The molecule has 16 nitrogen and oxygen atoms in total. The van der Waals surface area contributed by atoms with Gasteiger partial charge in [-0.2, -0.15) is 0 Å². The number of rotatable bonds is 11. The van der Waals surface area contributed by atoms with Crippen LogP contribution in [0, 0.1) is 13.8 Å². The summed E-state index contributed by atoms with van der Waals surface area (Å²) in [6.45, 7) is 11.7. The number of carbonyl (C=O) groups excluding carboxylic acids is 4. The van der Waals surface area contributed by atoms with Gasteiger partial charge in [0, 0.05) is 68.5 Å². The second kappa shape index (κ2) is 27.7. The molecule has 398 valence electrons. The van der Waals surface area contributed by atoms with Crippen LogP contribution in [0.1, 0.15) is 86.8 Å². The van der Waals surface area contributed by atoms with Crippen LogP contribution in [0.5, 0.6) is 0 Å². The Morgan fingerprint density at radius 2 is 1.06 bits per heavy atom. The van der Waals surface area contributed by atoms with Crippen molar-refractivity contribution in [2.45, 2.75) is 47.0 Å². The second-order valence-electron chi connectivity index (χ2n) is 17.9. The van der Waals surface area contributed by atoms with Crippen molar-refractivity contribution in [1.29, 1.82) is 0 Å². The first kappa shape index (κ1) is 59.1. The van der Waals surface area contributed by atoms with Crippen molar-refractivity contribution < 1.29 is 68.5 Å². The maximum Gasteiger partial charge on any atom is 1.00 e. The molecule has 0 spiro atoms. The normalized spacial score (nSPS) is 13.1. The number of nitrogens with one attached hydrogen (secondary N) is 1. The number of halogens is 1. The Balaban J connectivity index is 0.000000246. The third-order valence-corrected chi connectivity index (χ3v) is 13.6. The largest absolute Gasteiger partial charge is 1.00 e. The number of piperazine rings is 2. The topological polar surface area (TPSA) is 181 Å². The van der Waals surface area contributed by atoms with Crippen LogP contribution >= 0.6 is 15.9 Å². The summed E-state index contributed by atoms with van der Waals surface area (Å²) in [5.74, 6) is -1.03. The third kappa shape index (κ3) is 13.9. The summed E-state index contributed by atoms with van der Waals surface area (Å²) in [5, 5.41) is 2.54. The van der Waals surface area contributed by atoms with E-state index >= 15 is 0 Å². The molecule has 8 aromatic rings. The molecule has 0 aliphatic carbocycles.